The Morgan fingerprint density at radius 3 is 2.69 bits per heavy atom. The fraction of sp³-hybridized carbons (Fsp3) is 0.417. The van der Waals surface area contributed by atoms with E-state index in [0.717, 1.165) is 6.07 Å². The van der Waals surface area contributed by atoms with Crippen LogP contribution < -0.4 is 0 Å². The first kappa shape index (κ1) is 12.6. The maximum absolute atomic E-state index is 13.3. The first-order chi connectivity index (χ1) is 7.61. The van der Waals surface area contributed by atoms with Crippen LogP contribution in [0.1, 0.15) is 31.4 Å². The quantitative estimate of drug-likeness (QED) is 0.856. The van der Waals surface area contributed by atoms with Gasteiger partial charge in [0.2, 0.25) is 0 Å². The van der Waals surface area contributed by atoms with Gasteiger partial charge >= 0.3 is 0 Å². The highest BCUT2D eigenvalue weighted by molar-refractivity contribution is 5.23. The summed E-state index contributed by atoms with van der Waals surface area (Å²) >= 11 is 0. The van der Waals surface area contributed by atoms with Gasteiger partial charge in [0.15, 0.2) is 11.6 Å². The van der Waals surface area contributed by atoms with E-state index < -0.39 is 23.7 Å². The molecule has 2 atom stereocenters. The number of aliphatic hydroxyl groups excluding tert-OH is 1. The molecule has 86 valence electrons. The molecule has 0 aliphatic carbocycles. The monoisotopic (exact) mass is 225 g/mol. The average molecular weight is 225 g/mol. The van der Waals surface area contributed by atoms with E-state index in [-0.39, 0.29) is 5.56 Å². The van der Waals surface area contributed by atoms with Crippen LogP contribution >= 0.6 is 0 Å². The molecule has 2 nitrogen and oxygen atoms in total. The fourth-order valence-electron chi connectivity index (χ4n) is 1.57. The van der Waals surface area contributed by atoms with Crippen LogP contribution in [-0.2, 0) is 0 Å². The summed E-state index contributed by atoms with van der Waals surface area (Å²) in [6.07, 6.45) is -0.125. The molecule has 0 aliphatic rings. The Balaban J connectivity index is 3.00. The van der Waals surface area contributed by atoms with Gasteiger partial charge in [0.05, 0.1) is 18.1 Å². The number of aliphatic hydroxyl groups is 1. The highest BCUT2D eigenvalue weighted by atomic mass is 19.2. The standard InChI is InChI=1S/C12H13F2NO/c1-2-4-8(7-15)12(16)9-5-3-6-10(13)11(9)14/h3,5-6,8,12,16H,2,4H2,1H3. The largest absolute Gasteiger partial charge is 0.387 e. The van der Waals surface area contributed by atoms with Crippen molar-refractivity contribution in [1.29, 1.82) is 5.26 Å². The fourth-order valence-corrected chi connectivity index (χ4v) is 1.57. The zero-order valence-electron chi connectivity index (χ0n) is 8.95. The van der Waals surface area contributed by atoms with Crippen LogP contribution in [0.15, 0.2) is 18.2 Å². The Morgan fingerprint density at radius 2 is 2.12 bits per heavy atom. The van der Waals surface area contributed by atoms with Crippen LogP contribution in [0.3, 0.4) is 0 Å². The van der Waals surface area contributed by atoms with Crippen LogP contribution in [0.2, 0.25) is 0 Å². The Kier molecular flexibility index (Phi) is 4.39. The number of benzene rings is 1. The molecule has 0 saturated heterocycles. The number of nitrogens with zero attached hydrogens (tertiary/aromatic N) is 1. The smallest absolute Gasteiger partial charge is 0.164 e. The molecule has 1 aromatic rings. The second-order valence-electron chi connectivity index (χ2n) is 3.61. The molecule has 0 radical (unpaired) electrons. The van der Waals surface area contributed by atoms with Gasteiger partial charge in [-0.3, -0.25) is 0 Å². The number of rotatable bonds is 4. The summed E-state index contributed by atoms with van der Waals surface area (Å²) < 4.78 is 26.3. The van der Waals surface area contributed by atoms with E-state index in [4.69, 9.17) is 5.26 Å². The summed E-state index contributed by atoms with van der Waals surface area (Å²) in [6.45, 7) is 1.86. The topological polar surface area (TPSA) is 44.0 Å². The molecule has 2 unspecified atom stereocenters. The van der Waals surface area contributed by atoms with Crippen molar-refractivity contribution in [2.45, 2.75) is 25.9 Å². The lowest BCUT2D eigenvalue weighted by Gasteiger charge is -2.16. The molecule has 1 rings (SSSR count). The van der Waals surface area contributed by atoms with Crippen LogP contribution in [0.4, 0.5) is 8.78 Å². The van der Waals surface area contributed by atoms with Gasteiger partial charge in [-0.05, 0) is 12.5 Å². The van der Waals surface area contributed by atoms with Crippen LogP contribution in [0.25, 0.3) is 0 Å². The first-order valence-electron chi connectivity index (χ1n) is 5.13. The van der Waals surface area contributed by atoms with E-state index in [1.54, 1.807) is 0 Å². The molecule has 0 amide bonds. The van der Waals surface area contributed by atoms with E-state index in [0.29, 0.717) is 12.8 Å². The van der Waals surface area contributed by atoms with Crippen LogP contribution in [0.5, 0.6) is 0 Å². The summed E-state index contributed by atoms with van der Waals surface area (Å²) in [5, 5.41) is 18.6. The van der Waals surface area contributed by atoms with Crippen molar-refractivity contribution < 1.29 is 13.9 Å². The van der Waals surface area contributed by atoms with Gasteiger partial charge in [0.1, 0.15) is 0 Å². The molecule has 0 heterocycles. The van der Waals surface area contributed by atoms with Gasteiger partial charge in [-0.1, -0.05) is 25.5 Å². The maximum Gasteiger partial charge on any atom is 0.164 e. The van der Waals surface area contributed by atoms with Crippen molar-refractivity contribution >= 4 is 0 Å². The van der Waals surface area contributed by atoms with Gasteiger partial charge in [-0.2, -0.15) is 5.26 Å². The van der Waals surface area contributed by atoms with E-state index in [1.807, 2.05) is 13.0 Å². The Bertz CT molecular complexity index is 400. The molecule has 0 aliphatic heterocycles. The van der Waals surface area contributed by atoms with Crippen molar-refractivity contribution in [3.05, 3.63) is 35.4 Å². The number of nitriles is 1. The van der Waals surface area contributed by atoms with Gasteiger partial charge in [-0.15, -0.1) is 0 Å². The summed E-state index contributed by atoms with van der Waals surface area (Å²) in [7, 11) is 0. The summed E-state index contributed by atoms with van der Waals surface area (Å²) in [5.41, 5.74) is -0.153. The highest BCUT2D eigenvalue weighted by Gasteiger charge is 2.23. The van der Waals surface area contributed by atoms with Crippen molar-refractivity contribution in [3.63, 3.8) is 0 Å². The van der Waals surface area contributed by atoms with Crippen molar-refractivity contribution in [1.82, 2.24) is 0 Å². The first-order valence-corrected chi connectivity index (χ1v) is 5.13. The molecular weight excluding hydrogens is 212 g/mol. The second-order valence-corrected chi connectivity index (χ2v) is 3.61. The normalized spacial score (nSPS) is 14.2. The molecule has 16 heavy (non-hydrogen) atoms. The van der Waals surface area contributed by atoms with E-state index >= 15 is 0 Å². The van der Waals surface area contributed by atoms with Crippen LogP contribution in [0, 0.1) is 28.9 Å². The predicted molar refractivity (Wildman–Crippen MR) is 55.3 cm³/mol. The Labute approximate surface area is 93.1 Å². The molecule has 0 spiro atoms. The van der Waals surface area contributed by atoms with Gasteiger partial charge in [0, 0.05) is 5.56 Å². The SMILES string of the molecule is CCCC(C#N)C(O)c1cccc(F)c1F. The van der Waals surface area contributed by atoms with E-state index in [1.165, 1.54) is 12.1 Å². The predicted octanol–water partition coefficient (Wildman–Crippen LogP) is 2.94. The summed E-state index contributed by atoms with van der Waals surface area (Å²) in [5.74, 6) is -2.79. The molecule has 1 N–H and O–H groups in total. The zero-order chi connectivity index (χ0) is 12.1. The lowest BCUT2D eigenvalue weighted by atomic mass is 9.93. The summed E-state index contributed by atoms with van der Waals surface area (Å²) in [6, 6.07) is 5.50. The van der Waals surface area contributed by atoms with Crippen molar-refractivity contribution in [2.24, 2.45) is 5.92 Å². The molecule has 0 fully saturated rings. The van der Waals surface area contributed by atoms with Gasteiger partial charge in [0.25, 0.3) is 0 Å². The highest BCUT2D eigenvalue weighted by Crippen LogP contribution is 2.28. The second kappa shape index (κ2) is 5.57. The molecule has 0 saturated carbocycles. The Morgan fingerprint density at radius 1 is 1.44 bits per heavy atom. The zero-order valence-corrected chi connectivity index (χ0v) is 8.95. The minimum Gasteiger partial charge on any atom is -0.387 e. The average Bonchev–Trinajstić information content (AvgIpc) is 2.29. The van der Waals surface area contributed by atoms with Gasteiger partial charge in [-0.25, -0.2) is 8.78 Å². The van der Waals surface area contributed by atoms with Gasteiger partial charge < -0.3 is 5.11 Å². The minimum absolute atomic E-state index is 0.153. The minimum atomic E-state index is -1.28. The number of hydrogen-bond donors (Lipinski definition) is 1. The van der Waals surface area contributed by atoms with Crippen molar-refractivity contribution in [2.75, 3.05) is 0 Å². The Hall–Kier alpha value is -1.47. The third kappa shape index (κ3) is 2.56. The maximum atomic E-state index is 13.3. The third-order valence-corrected chi connectivity index (χ3v) is 2.45. The lowest BCUT2D eigenvalue weighted by Crippen LogP contribution is -2.13. The van der Waals surface area contributed by atoms with E-state index in [9.17, 15) is 13.9 Å². The molecule has 0 aromatic heterocycles. The number of hydrogen-bond acceptors (Lipinski definition) is 2. The van der Waals surface area contributed by atoms with E-state index in [2.05, 4.69) is 0 Å². The molecule has 1 aromatic carbocycles. The summed E-state index contributed by atoms with van der Waals surface area (Å²) in [4.78, 5) is 0. The molecule has 0 bridgehead atoms. The third-order valence-electron chi connectivity index (χ3n) is 2.45. The number of halogens is 2. The lowest BCUT2D eigenvalue weighted by molar-refractivity contribution is 0.125. The van der Waals surface area contributed by atoms with Crippen LogP contribution in [-0.4, -0.2) is 5.11 Å². The molecule has 4 heteroatoms. The van der Waals surface area contributed by atoms with Crippen molar-refractivity contribution in [3.8, 4) is 6.07 Å². The molecular formula is C12H13F2NO.